The van der Waals surface area contributed by atoms with Crippen molar-refractivity contribution in [3.63, 3.8) is 0 Å². The largest absolute Gasteiger partial charge is 0.459 e. The van der Waals surface area contributed by atoms with Crippen LogP contribution in [0.1, 0.15) is 27.7 Å². The number of carbonyl (C=O) groups is 1. The van der Waals surface area contributed by atoms with Gasteiger partial charge in [-0.3, -0.25) is 4.79 Å². The van der Waals surface area contributed by atoms with E-state index in [1.54, 1.807) is 6.92 Å². The normalized spacial score (nSPS) is 43.4. The smallest absolute Gasteiger partial charge is 0.303 e. The van der Waals surface area contributed by atoms with Crippen molar-refractivity contribution in [2.45, 2.75) is 52.2 Å². The standard InChI is InChI=1S/C10H17FO3/c1-5-6(2)13-7(3)9(11)10(5)14-8(4)12/h5-7,9-10H,1-4H3/t5-,6+,7?,9-,10-/m1/s1. The summed E-state index contributed by atoms with van der Waals surface area (Å²) >= 11 is 0. The molecule has 0 aromatic rings. The van der Waals surface area contributed by atoms with Crippen LogP contribution in [0.3, 0.4) is 0 Å². The van der Waals surface area contributed by atoms with E-state index in [0.29, 0.717) is 0 Å². The van der Waals surface area contributed by atoms with Gasteiger partial charge in [-0.1, -0.05) is 6.92 Å². The number of hydrogen-bond acceptors (Lipinski definition) is 3. The first-order chi connectivity index (χ1) is 6.43. The van der Waals surface area contributed by atoms with Crippen LogP contribution >= 0.6 is 0 Å². The molecule has 1 rings (SSSR count). The Morgan fingerprint density at radius 3 is 2.36 bits per heavy atom. The van der Waals surface area contributed by atoms with Crippen LogP contribution in [0.4, 0.5) is 4.39 Å². The Balaban J connectivity index is 2.71. The lowest BCUT2D eigenvalue weighted by Crippen LogP contribution is -2.51. The molecule has 1 heterocycles. The van der Waals surface area contributed by atoms with Gasteiger partial charge in [0.15, 0.2) is 6.17 Å². The van der Waals surface area contributed by atoms with Gasteiger partial charge in [-0.15, -0.1) is 0 Å². The van der Waals surface area contributed by atoms with Gasteiger partial charge in [0.25, 0.3) is 0 Å². The maximum atomic E-state index is 13.6. The van der Waals surface area contributed by atoms with E-state index in [1.165, 1.54) is 6.92 Å². The third-order valence-corrected chi connectivity index (χ3v) is 2.75. The van der Waals surface area contributed by atoms with Gasteiger partial charge in [-0.2, -0.15) is 0 Å². The highest BCUT2D eigenvalue weighted by Crippen LogP contribution is 2.29. The fourth-order valence-electron chi connectivity index (χ4n) is 1.73. The highest BCUT2D eigenvalue weighted by atomic mass is 19.1. The van der Waals surface area contributed by atoms with Gasteiger partial charge < -0.3 is 9.47 Å². The number of hydrogen-bond donors (Lipinski definition) is 0. The van der Waals surface area contributed by atoms with Gasteiger partial charge in [0.1, 0.15) is 6.10 Å². The van der Waals surface area contributed by atoms with E-state index in [-0.39, 0.29) is 12.0 Å². The van der Waals surface area contributed by atoms with Crippen molar-refractivity contribution < 1.29 is 18.7 Å². The van der Waals surface area contributed by atoms with Gasteiger partial charge in [0.05, 0.1) is 12.2 Å². The van der Waals surface area contributed by atoms with E-state index in [2.05, 4.69) is 0 Å². The molecule has 3 nitrogen and oxygen atoms in total. The van der Waals surface area contributed by atoms with Gasteiger partial charge in [-0.05, 0) is 13.8 Å². The molecule has 0 radical (unpaired) electrons. The Bertz CT molecular complexity index is 205. The average Bonchev–Trinajstić information content (AvgIpc) is 2.09. The third kappa shape index (κ3) is 2.23. The quantitative estimate of drug-likeness (QED) is 0.610. The SMILES string of the molecule is CC(=O)O[C@@H]1[C@H](C)[C@H](C)OC(C)[C@H]1F. The minimum atomic E-state index is -1.23. The van der Waals surface area contributed by atoms with Crippen molar-refractivity contribution in [3.05, 3.63) is 0 Å². The van der Waals surface area contributed by atoms with E-state index < -0.39 is 24.3 Å². The van der Waals surface area contributed by atoms with Crippen molar-refractivity contribution in [3.8, 4) is 0 Å². The second kappa shape index (κ2) is 4.26. The number of alkyl halides is 1. The molecule has 1 fully saturated rings. The minimum Gasteiger partial charge on any atom is -0.459 e. The molecule has 1 saturated heterocycles. The first-order valence-electron chi connectivity index (χ1n) is 4.90. The number of esters is 1. The number of carbonyl (C=O) groups excluding carboxylic acids is 1. The van der Waals surface area contributed by atoms with Gasteiger partial charge in [-0.25, -0.2) is 4.39 Å². The Labute approximate surface area is 83.6 Å². The summed E-state index contributed by atoms with van der Waals surface area (Å²) in [6.07, 6.45) is -2.50. The van der Waals surface area contributed by atoms with E-state index in [4.69, 9.17) is 9.47 Å². The lowest BCUT2D eigenvalue weighted by atomic mass is 9.90. The Hall–Kier alpha value is -0.640. The maximum Gasteiger partial charge on any atom is 0.303 e. The zero-order valence-electron chi connectivity index (χ0n) is 8.99. The number of ether oxygens (including phenoxy) is 2. The summed E-state index contributed by atoms with van der Waals surface area (Å²) in [7, 11) is 0. The summed E-state index contributed by atoms with van der Waals surface area (Å²) in [5.74, 6) is -0.545. The zero-order valence-corrected chi connectivity index (χ0v) is 8.99. The molecule has 14 heavy (non-hydrogen) atoms. The monoisotopic (exact) mass is 204 g/mol. The molecular formula is C10H17FO3. The molecule has 5 atom stereocenters. The summed E-state index contributed by atoms with van der Waals surface area (Å²) in [6, 6.07) is 0. The fourth-order valence-corrected chi connectivity index (χ4v) is 1.73. The molecule has 1 aliphatic heterocycles. The Kier molecular flexibility index (Phi) is 3.48. The molecule has 4 heteroatoms. The fraction of sp³-hybridized carbons (Fsp3) is 0.900. The van der Waals surface area contributed by atoms with Crippen molar-refractivity contribution >= 4 is 5.97 Å². The van der Waals surface area contributed by atoms with Crippen molar-refractivity contribution in [1.29, 1.82) is 0 Å². The summed E-state index contributed by atoms with van der Waals surface area (Å²) < 4.78 is 23.9. The molecule has 0 amide bonds. The van der Waals surface area contributed by atoms with Crippen LogP contribution in [-0.2, 0) is 14.3 Å². The summed E-state index contributed by atoms with van der Waals surface area (Å²) in [5, 5.41) is 0. The molecule has 0 bridgehead atoms. The first-order valence-corrected chi connectivity index (χ1v) is 4.90. The van der Waals surface area contributed by atoms with Crippen LogP contribution in [0.2, 0.25) is 0 Å². The lowest BCUT2D eigenvalue weighted by Gasteiger charge is -2.39. The van der Waals surface area contributed by atoms with Crippen LogP contribution < -0.4 is 0 Å². The molecule has 0 spiro atoms. The first kappa shape index (κ1) is 11.4. The third-order valence-electron chi connectivity index (χ3n) is 2.75. The predicted octanol–water partition coefficient (Wildman–Crippen LogP) is 1.70. The summed E-state index contributed by atoms with van der Waals surface area (Å²) in [5.41, 5.74) is 0. The molecule has 0 saturated carbocycles. The topological polar surface area (TPSA) is 35.5 Å². The summed E-state index contributed by atoms with van der Waals surface area (Å²) in [4.78, 5) is 10.8. The molecule has 0 aromatic carbocycles. The molecule has 1 aliphatic rings. The Morgan fingerprint density at radius 1 is 1.29 bits per heavy atom. The van der Waals surface area contributed by atoms with Gasteiger partial charge in [0.2, 0.25) is 0 Å². The highest BCUT2D eigenvalue weighted by molar-refractivity contribution is 5.66. The summed E-state index contributed by atoms with van der Waals surface area (Å²) in [6.45, 7) is 6.65. The van der Waals surface area contributed by atoms with Crippen LogP contribution in [0, 0.1) is 5.92 Å². The molecule has 0 N–H and O–H groups in total. The van der Waals surface area contributed by atoms with Gasteiger partial charge in [0, 0.05) is 12.8 Å². The van der Waals surface area contributed by atoms with Crippen LogP contribution in [0.15, 0.2) is 0 Å². The molecule has 0 aromatic heterocycles. The van der Waals surface area contributed by atoms with E-state index in [1.807, 2.05) is 13.8 Å². The Morgan fingerprint density at radius 2 is 1.86 bits per heavy atom. The molecule has 1 unspecified atom stereocenters. The molecule has 0 aliphatic carbocycles. The van der Waals surface area contributed by atoms with Crippen LogP contribution in [-0.4, -0.2) is 30.5 Å². The zero-order chi connectivity index (χ0) is 10.9. The van der Waals surface area contributed by atoms with Crippen molar-refractivity contribution in [2.24, 2.45) is 5.92 Å². The second-order valence-corrected chi connectivity index (χ2v) is 3.92. The predicted molar refractivity (Wildman–Crippen MR) is 49.6 cm³/mol. The maximum absolute atomic E-state index is 13.6. The molecule has 82 valence electrons. The second-order valence-electron chi connectivity index (χ2n) is 3.92. The highest BCUT2D eigenvalue weighted by Gasteiger charge is 2.42. The average molecular weight is 204 g/mol. The number of rotatable bonds is 1. The van der Waals surface area contributed by atoms with Crippen LogP contribution in [0.5, 0.6) is 0 Å². The van der Waals surface area contributed by atoms with E-state index >= 15 is 0 Å². The lowest BCUT2D eigenvalue weighted by molar-refractivity contribution is -0.188. The van der Waals surface area contributed by atoms with Crippen molar-refractivity contribution in [1.82, 2.24) is 0 Å². The minimum absolute atomic E-state index is 0.0821. The van der Waals surface area contributed by atoms with Crippen molar-refractivity contribution in [2.75, 3.05) is 0 Å². The van der Waals surface area contributed by atoms with E-state index in [0.717, 1.165) is 0 Å². The number of halogens is 1. The van der Waals surface area contributed by atoms with E-state index in [9.17, 15) is 9.18 Å². The molecular weight excluding hydrogens is 187 g/mol. The van der Waals surface area contributed by atoms with Crippen LogP contribution in [0.25, 0.3) is 0 Å². The van der Waals surface area contributed by atoms with Gasteiger partial charge >= 0.3 is 5.97 Å².